The van der Waals surface area contributed by atoms with E-state index in [4.69, 9.17) is 5.73 Å². The van der Waals surface area contributed by atoms with Crippen LogP contribution in [-0.2, 0) is 4.79 Å². The van der Waals surface area contributed by atoms with Crippen molar-refractivity contribution in [2.45, 2.75) is 25.3 Å². The molecule has 1 amide bonds. The van der Waals surface area contributed by atoms with Crippen molar-refractivity contribution in [3.63, 3.8) is 0 Å². The molecule has 0 aliphatic heterocycles. The monoisotopic (exact) mass is 272 g/mol. The van der Waals surface area contributed by atoms with Crippen molar-refractivity contribution in [2.24, 2.45) is 5.73 Å². The molecule has 6 heteroatoms. The van der Waals surface area contributed by atoms with Crippen LogP contribution in [0.5, 0.6) is 0 Å². The van der Waals surface area contributed by atoms with E-state index in [9.17, 15) is 14.7 Å². The Morgan fingerprint density at radius 2 is 1.84 bits per heavy atom. The van der Waals surface area contributed by atoms with Gasteiger partial charge in [-0.3, -0.25) is 4.79 Å². The molecule has 0 saturated carbocycles. The average Bonchev–Trinajstić information content (AvgIpc) is 2.38. The summed E-state index contributed by atoms with van der Waals surface area (Å²) in [7, 11) is 0. The Labute approximate surface area is 134 Å². The zero-order valence-electron chi connectivity index (χ0n) is 11.1. The molecule has 0 bridgehead atoms. The summed E-state index contributed by atoms with van der Waals surface area (Å²) in [4.78, 5) is 22.7. The fourth-order valence-corrected chi connectivity index (χ4v) is 1.57. The SMILES string of the molecule is NCCCCC(NC(=O)c1ccccc1)C(=O)[O-].[Na+]. The second kappa shape index (κ2) is 9.97. The van der Waals surface area contributed by atoms with Crippen LogP contribution in [0.2, 0.25) is 0 Å². The molecule has 19 heavy (non-hydrogen) atoms. The predicted octanol–water partition coefficient (Wildman–Crippen LogP) is -3.33. The van der Waals surface area contributed by atoms with Gasteiger partial charge in [-0.25, -0.2) is 0 Å². The van der Waals surface area contributed by atoms with E-state index >= 15 is 0 Å². The van der Waals surface area contributed by atoms with Crippen molar-refractivity contribution < 1.29 is 44.3 Å². The molecule has 0 spiro atoms. The molecule has 0 saturated heterocycles. The van der Waals surface area contributed by atoms with Gasteiger partial charge in [-0.05, 0) is 37.9 Å². The van der Waals surface area contributed by atoms with Gasteiger partial charge < -0.3 is 21.0 Å². The normalized spacial score (nSPS) is 11.2. The molecule has 0 aromatic heterocycles. The molecule has 98 valence electrons. The van der Waals surface area contributed by atoms with Crippen LogP contribution in [0, 0.1) is 0 Å². The maximum absolute atomic E-state index is 11.8. The van der Waals surface area contributed by atoms with Crippen LogP contribution in [0.3, 0.4) is 0 Å². The van der Waals surface area contributed by atoms with E-state index in [0.717, 1.165) is 6.42 Å². The number of hydrogen-bond donors (Lipinski definition) is 2. The Hall–Kier alpha value is -0.880. The summed E-state index contributed by atoms with van der Waals surface area (Å²) < 4.78 is 0. The number of hydrogen-bond acceptors (Lipinski definition) is 4. The van der Waals surface area contributed by atoms with Crippen LogP contribution in [0.4, 0.5) is 0 Å². The number of unbranched alkanes of at least 4 members (excludes halogenated alkanes) is 1. The van der Waals surface area contributed by atoms with Gasteiger partial charge in [0.15, 0.2) is 0 Å². The second-order valence-electron chi connectivity index (χ2n) is 4.00. The maximum atomic E-state index is 11.8. The first-order valence-corrected chi connectivity index (χ1v) is 5.92. The topological polar surface area (TPSA) is 95.2 Å². The van der Waals surface area contributed by atoms with E-state index in [0.29, 0.717) is 24.9 Å². The molecule has 1 aromatic carbocycles. The van der Waals surface area contributed by atoms with Gasteiger partial charge in [0.25, 0.3) is 5.91 Å². The smallest absolute Gasteiger partial charge is 0.548 e. The van der Waals surface area contributed by atoms with Gasteiger partial charge in [0.1, 0.15) is 0 Å². The minimum absolute atomic E-state index is 0. The maximum Gasteiger partial charge on any atom is 1.00 e. The number of amides is 1. The van der Waals surface area contributed by atoms with E-state index in [1.165, 1.54) is 0 Å². The van der Waals surface area contributed by atoms with Gasteiger partial charge in [0.2, 0.25) is 0 Å². The molecular weight excluding hydrogens is 255 g/mol. The van der Waals surface area contributed by atoms with Crippen LogP contribution < -0.4 is 45.7 Å². The number of rotatable bonds is 7. The Morgan fingerprint density at radius 1 is 1.21 bits per heavy atom. The average molecular weight is 272 g/mol. The summed E-state index contributed by atoms with van der Waals surface area (Å²) in [5.74, 6) is -1.67. The van der Waals surface area contributed by atoms with Gasteiger partial charge in [-0.1, -0.05) is 18.2 Å². The first-order valence-electron chi connectivity index (χ1n) is 5.92. The largest absolute Gasteiger partial charge is 1.00 e. The summed E-state index contributed by atoms with van der Waals surface area (Å²) in [6.45, 7) is 0.506. The standard InChI is InChI=1S/C13H18N2O3.Na/c14-9-5-4-8-11(13(17)18)15-12(16)10-6-2-1-3-7-10;/h1-3,6-7,11H,4-5,8-9,14H2,(H,15,16)(H,17,18);/q;+1/p-1. The Balaban J connectivity index is 0.00000324. The third-order valence-corrected chi connectivity index (χ3v) is 2.57. The van der Waals surface area contributed by atoms with Crippen molar-refractivity contribution >= 4 is 11.9 Å². The summed E-state index contributed by atoms with van der Waals surface area (Å²) in [6, 6.07) is 7.51. The van der Waals surface area contributed by atoms with E-state index in [2.05, 4.69) is 5.32 Å². The van der Waals surface area contributed by atoms with Gasteiger partial charge in [-0.15, -0.1) is 0 Å². The molecule has 5 nitrogen and oxygen atoms in total. The van der Waals surface area contributed by atoms with Crippen LogP contribution in [0.1, 0.15) is 29.6 Å². The minimum Gasteiger partial charge on any atom is -0.548 e. The number of carbonyl (C=O) groups is 2. The Morgan fingerprint density at radius 3 is 2.37 bits per heavy atom. The minimum atomic E-state index is -1.27. The second-order valence-corrected chi connectivity index (χ2v) is 4.00. The number of carbonyl (C=O) groups excluding carboxylic acids is 2. The molecule has 3 N–H and O–H groups in total. The summed E-state index contributed by atoms with van der Waals surface area (Å²) in [6.07, 6.45) is 1.70. The van der Waals surface area contributed by atoms with Crippen molar-refractivity contribution in [2.75, 3.05) is 6.54 Å². The van der Waals surface area contributed by atoms with Crippen molar-refractivity contribution in [1.29, 1.82) is 0 Å². The molecule has 0 heterocycles. The molecular formula is C13H17N2NaO3. The van der Waals surface area contributed by atoms with E-state index in [1.54, 1.807) is 30.3 Å². The van der Waals surface area contributed by atoms with Gasteiger partial charge >= 0.3 is 29.6 Å². The van der Waals surface area contributed by atoms with Gasteiger partial charge in [-0.2, -0.15) is 0 Å². The number of carboxylic acids is 1. The first kappa shape index (κ1) is 18.1. The Bertz CT molecular complexity index is 398. The first-order chi connectivity index (χ1) is 8.65. The number of nitrogens with one attached hydrogen (secondary N) is 1. The third kappa shape index (κ3) is 6.73. The fraction of sp³-hybridized carbons (Fsp3) is 0.385. The Kier molecular flexibility index (Phi) is 9.51. The summed E-state index contributed by atoms with van der Waals surface area (Å²) in [5, 5.41) is 13.4. The van der Waals surface area contributed by atoms with Gasteiger partial charge in [0.05, 0.1) is 12.0 Å². The molecule has 0 fully saturated rings. The molecule has 0 aliphatic carbocycles. The van der Waals surface area contributed by atoms with E-state index < -0.39 is 17.9 Å². The van der Waals surface area contributed by atoms with Crippen LogP contribution in [0.15, 0.2) is 30.3 Å². The summed E-state index contributed by atoms with van der Waals surface area (Å²) >= 11 is 0. The number of carboxylic acid groups (broad SMARTS) is 1. The van der Waals surface area contributed by atoms with Crippen molar-refractivity contribution in [3.8, 4) is 0 Å². The number of benzene rings is 1. The molecule has 1 unspecified atom stereocenters. The number of aliphatic carboxylic acids is 1. The van der Waals surface area contributed by atoms with Crippen molar-refractivity contribution in [1.82, 2.24) is 5.32 Å². The zero-order valence-corrected chi connectivity index (χ0v) is 13.1. The summed E-state index contributed by atoms with van der Waals surface area (Å²) in [5.41, 5.74) is 5.77. The molecule has 1 aromatic rings. The molecule has 1 rings (SSSR count). The van der Waals surface area contributed by atoms with E-state index in [1.807, 2.05) is 0 Å². The van der Waals surface area contributed by atoms with Gasteiger partial charge in [0, 0.05) is 5.56 Å². The number of nitrogens with two attached hydrogens (primary N) is 1. The quantitative estimate of drug-likeness (QED) is 0.401. The molecule has 1 atom stereocenters. The van der Waals surface area contributed by atoms with Crippen LogP contribution >= 0.6 is 0 Å². The van der Waals surface area contributed by atoms with Crippen LogP contribution in [-0.4, -0.2) is 24.5 Å². The zero-order chi connectivity index (χ0) is 13.4. The molecule has 0 radical (unpaired) electrons. The van der Waals surface area contributed by atoms with E-state index in [-0.39, 0.29) is 29.6 Å². The fourth-order valence-electron chi connectivity index (χ4n) is 1.57. The van der Waals surface area contributed by atoms with Crippen molar-refractivity contribution in [3.05, 3.63) is 35.9 Å². The predicted molar refractivity (Wildman–Crippen MR) is 65.6 cm³/mol. The third-order valence-electron chi connectivity index (χ3n) is 2.57. The van der Waals surface area contributed by atoms with Crippen LogP contribution in [0.25, 0.3) is 0 Å². The molecule has 0 aliphatic rings.